The lowest BCUT2D eigenvalue weighted by Crippen LogP contribution is -2.30. The molecule has 112 valence electrons. The van der Waals surface area contributed by atoms with Crippen LogP contribution in [0, 0.1) is 5.82 Å². The minimum atomic E-state index is -0.307. The molecule has 2 aromatic rings. The van der Waals surface area contributed by atoms with Gasteiger partial charge in [-0.2, -0.15) is 0 Å². The fraction of sp³-hybridized carbons (Fsp3) is 0.333. The summed E-state index contributed by atoms with van der Waals surface area (Å²) in [6.07, 6.45) is 1.42. The summed E-state index contributed by atoms with van der Waals surface area (Å²) in [5, 5.41) is 0. The van der Waals surface area contributed by atoms with Gasteiger partial charge in [-0.05, 0) is 36.0 Å². The highest BCUT2D eigenvalue weighted by Gasteiger charge is 2.20. The SMILES string of the molecule is CCC(c1ccccc1)C(N)Cc1cccc(OC)c1F. The van der Waals surface area contributed by atoms with Crippen LogP contribution in [0.4, 0.5) is 4.39 Å². The first-order valence-corrected chi connectivity index (χ1v) is 7.29. The highest BCUT2D eigenvalue weighted by Crippen LogP contribution is 2.27. The second kappa shape index (κ2) is 7.23. The van der Waals surface area contributed by atoms with Gasteiger partial charge in [-0.25, -0.2) is 4.39 Å². The van der Waals surface area contributed by atoms with Crippen LogP contribution < -0.4 is 10.5 Å². The molecule has 0 fully saturated rings. The predicted molar refractivity (Wildman–Crippen MR) is 84.1 cm³/mol. The fourth-order valence-electron chi connectivity index (χ4n) is 2.75. The van der Waals surface area contributed by atoms with Gasteiger partial charge in [0.2, 0.25) is 0 Å². The number of ether oxygens (including phenoxy) is 1. The molecule has 0 spiro atoms. The lowest BCUT2D eigenvalue weighted by atomic mass is 9.86. The van der Waals surface area contributed by atoms with Crippen LogP contribution >= 0.6 is 0 Å². The van der Waals surface area contributed by atoms with Gasteiger partial charge in [-0.3, -0.25) is 0 Å². The summed E-state index contributed by atoms with van der Waals surface area (Å²) in [6, 6.07) is 15.2. The van der Waals surface area contributed by atoms with Crippen molar-refractivity contribution in [2.75, 3.05) is 7.11 Å². The van der Waals surface area contributed by atoms with Crippen LogP contribution in [-0.4, -0.2) is 13.2 Å². The van der Waals surface area contributed by atoms with Gasteiger partial charge in [-0.1, -0.05) is 49.4 Å². The standard InChI is InChI=1S/C18H22FNO/c1-3-15(13-8-5-4-6-9-13)16(20)12-14-10-7-11-17(21-2)18(14)19/h4-11,15-16H,3,12,20H2,1-2H3. The van der Waals surface area contributed by atoms with Crippen molar-refractivity contribution in [3.05, 3.63) is 65.5 Å². The lowest BCUT2D eigenvalue weighted by Gasteiger charge is -2.23. The Bertz CT molecular complexity index is 571. The van der Waals surface area contributed by atoms with Gasteiger partial charge in [0.25, 0.3) is 0 Å². The normalized spacial score (nSPS) is 13.7. The zero-order valence-corrected chi connectivity index (χ0v) is 12.6. The molecule has 0 heterocycles. The van der Waals surface area contributed by atoms with Crippen LogP contribution in [0.2, 0.25) is 0 Å². The number of benzene rings is 2. The Hall–Kier alpha value is -1.87. The fourth-order valence-corrected chi connectivity index (χ4v) is 2.75. The van der Waals surface area contributed by atoms with Crippen LogP contribution in [0.3, 0.4) is 0 Å². The van der Waals surface area contributed by atoms with E-state index in [9.17, 15) is 4.39 Å². The van der Waals surface area contributed by atoms with Gasteiger partial charge in [0.05, 0.1) is 7.11 Å². The maximum Gasteiger partial charge on any atom is 0.168 e. The smallest absolute Gasteiger partial charge is 0.168 e. The summed E-state index contributed by atoms with van der Waals surface area (Å²) >= 11 is 0. The van der Waals surface area contributed by atoms with Crippen LogP contribution in [0.5, 0.6) is 5.75 Å². The Morgan fingerprint density at radius 2 is 1.81 bits per heavy atom. The Morgan fingerprint density at radius 3 is 2.43 bits per heavy atom. The first-order valence-electron chi connectivity index (χ1n) is 7.29. The molecule has 2 atom stereocenters. The Kier molecular flexibility index (Phi) is 5.34. The summed E-state index contributed by atoms with van der Waals surface area (Å²) in [4.78, 5) is 0. The van der Waals surface area contributed by atoms with Crippen molar-refractivity contribution in [2.24, 2.45) is 5.73 Å². The van der Waals surface area contributed by atoms with Crippen LogP contribution in [0.1, 0.15) is 30.4 Å². The second-order valence-electron chi connectivity index (χ2n) is 5.23. The Morgan fingerprint density at radius 1 is 1.10 bits per heavy atom. The largest absolute Gasteiger partial charge is 0.494 e. The lowest BCUT2D eigenvalue weighted by molar-refractivity contribution is 0.382. The molecule has 0 radical (unpaired) electrons. The molecule has 0 aliphatic heterocycles. The number of hydrogen-bond acceptors (Lipinski definition) is 2. The van der Waals surface area contributed by atoms with Crippen molar-refractivity contribution in [2.45, 2.75) is 31.7 Å². The molecular formula is C18H22FNO. The zero-order valence-electron chi connectivity index (χ0n) is 12.6. The van der Waals surface area contributed by atoms with E-state index in [2.05, 4.69) is 19.1 Å². The average molecular weight is 287 g/mol. The number of halogens is 1. The van der Waals surface area contributed by atoms with Crippen LogP contribution in [0.15, 0.2) is 48.5 Å². The summed E-state index contributed by atoms with van der Waals surface area (Å²) < 4.78 is 19.2. The van der Waals surface area contributed by atoms with E-state index in [4.69, 9.17) is 10.5 Å². The molecule has 0 aliphatic carbocycles. The van der Waals surface area contributed by atoms with Gasteiger partial charge in [0.1, 0.15) is 0 Å². The highest BCUT2D eigenvalue weighted by atomic mass is 19.1. The van der Waals surface area contributed by atoms with Crippen LogP contribution in [0.25, 0.3) is 0 Å². The molecule has 0 bridgehead atoms. The molecular weight excluding hydrogens is 265 g/mol. The molecule has 2 nitrogen and oxygen atoms in total. The van der Waals surface area contributed by atoms with Crippen molar-refractivity contribution in [1.82, 2.24) is 0 Å². The highest BCUT2D eigenvalue weighted by molar-refractivity contribution is 5.32. The van der Waals surface area contributed by atoms with Gasteiger partial charge >= 0.3 is 0 Å². The summed E-state index contributed by atoms with van der Waals surface area (Å²) in [5.74, 6) is 0.183. The number of nitrogens with two attached hydrogens (primary N) is 1. The molecule has 3 heteroatoms. The van der Waals surface area contributed by atoms with Crippen LogP contribution in [-0.2, 0) is 6.42 Å². The quantitative estimate of drug-likeness (QED) is 0.874. The summed E-state index contributed by atoms with van der Waals surface area (Å²) in [5.41, 5.74) is 8.16. The van der Waals surface area contributed by atoms with Crippen molar-refractivity contribution >= 4 is 0 Å². The first-order chi connectivity index (χ1) is 10.2. The van der Waals surface area contributed by atoms with Crippen molar-refractivity contribution in [3.63, 3.8) is 0 Å². The molecule has 0 amide bonds. The minimum Gasteiger partial charge on any atom is -0.494 e. The van der Waals surface area contributed by atoms with E-state index < -0.39 is 0 Å². The van der Waals surface area contributed by atoms with E-state index in [-0.39, 0.29) is 23.5 Å². The summed E-state index contributed by atoms with van der Waals surface area (Å²) in [6.45, 7) is 2.11. The molecule has 2 aromatic carbocycles. The third kappa shape index (κ3) is 3.61. The molecule has 0 saturated carbocycles. The number of rotatable bonds is 6. The zero-order chi connectivity index (χ0) is 15.2. The van der Waals surface area contributed by atoms with Gasteiger partial charge in [0, 0.05) is 6.04 Å². The van der Waals surface area contributed by atoms with Gasteiger partial charge < -0.3 is 10.5 Å². The van der Waals surface area contributed by atoms with Crippen molar-refractivity contribution < 1.29 is 9.13 Å². The third-order valence-electron chi connectivity index (χ3n) is 3.90. The molecule has 0 aliphatic rings. The van der Waals surface area contributed by atoms with Crippen molar-refractivity contribution in [1.29, 1.82) is 0 Å². The van der Waals surface area contributed by atoms with E-state index in [0.717, 1.165) is 6.42 Å². The molecule has 21 heavy (non-hydrogen) atoms. The van der Waals surface area contributed by atoms with E-state index >= 15 is 0 Å². The predicted octanol–water partition coefficient (Wildman–Crippen LogP) is 3.90. The van der Waals surface area contributed by atoms with E-state index in [1.165, 1.54) is 12.7 Å². The first kappa shape index (κ1) is 15.5. The van der Waals surface area contributed by atoms with E-state index in [1.807, 2.05) is 18.2 Å². The minimum absolute atomic E-state index is 0.126. The Balaban J connectivity index is 2.18. The third-order valence-corrected chi connectivity index (χ3v) is 3.90. The molecule has 0 aromatic heterocycles. The van der Waals surface area contributed by atoms with E-state index in [0.29, 0.717) is 12.0 Å². The molecule has 0 saturated heterocycles. The molecule has 2 rings (SSSR count). The number of methoxy groups -OCH3 is 1. The Labute approximate surface area is 125 Å². The number of hydrogen-bond donors (Lipinski definition) is 1. The topological polar surface area (TPSA) is 35.2 Å². The summed E-state index contributed by atoms with van der Waals surface area (Å²) in [7, 11) is 1.47. The van der Waals surface area contributed by atoms with Crippen molar-refractivity contribution in [3.8, 4) is 5.75 Å². The molecule has 2 unspecified atom stereocenters. The van der Waals surface area contributed by atoms with Gasteiger partial charge in [0.15, 0.2) is 11.6 Å². The van der Waals surface area contributed by atoms with E-state index in [1.54, 1.807) is 18.2 Å². The van der Waals surface area contributed by atoms with Gasteiger partial charge in [-0.15, -0.1) is 0 Å². The average Bonchev–Trinajstić information content (AvgIpc) is 2.51. The second-order valence-corrected chi connectivity index (χ2v) is 5.23. The maximum absolute atomic E-state index is 14.2. The molecule has 2 N–H and O–H groups in total. The monoisotopic (exact) mass is 287 g/mol. The maximum atomic E-state index is 14.2.